The van der Waals surface area contributed by atoms with Gasteiger partial charge in [-0.3, -0.25) is 9.89 Å². The van der Waals surface area contributed by atoms with Gasteiger partial charge in [-0.05, 0) is 33.3 Å². The van der Waals surface area contributed by atoms with E-state index in [-0.39, 0.29) is 12.1 Å². The van der Waals surface area contributed by atoms with Crippen molar-refractivity contribution < 1.29 is 9.53 Å². The topological polar surface area (TPSA) is 53.9 Å². The minimum Gasteiger partial charge on any atom is -0.444 e. The number of nitrogens with zero attached hydrogens (tertiary/aromatic N) is 2. The van der Waals surface area contributed by atoms with E-state index in [0.29, 0.717) is 19.6 Å². The summed E-state index contributed by atoms with van der Waals surface area (Å²) >= 11 is 0. The summed E-state index contributed by atoms with van der Waals surface area (Å²) in [6.07, 6.45) is -0.283. The van der Waals surface area contributed by atoms with Crippen molar-refractivity contribution >= 4 is 11.9 Å². The van der Waals surface area contributed by atoms with Gasteiger partial charge in [0.15, 0.2) is 0 Å². The number of ether oxygens (including phenoxy) is 1. The molecule has 1 heterocycles. The molecule has 0 aromatic heterocycles. The van der Waals surface area contributed by atoms with Gasteiger partial charge in [0.05, 0.1) is 13.1 Å². The van der Waals surface area contributed by atoms with E-state index >= 15 is 0 Å². The Bertz CT molecular complexity index is 535. The van der Waals surface area contributed by atoms with Crippen LogP contribution in [0.4, 0.5) is 4.79 Å². The van der Waals surface area contributed by atoms with Gasteiger partial charge in [-0.2, -0.15) is 0 Å². The second kappa shape index (κ2) is 6.81. The van der Waals surface area contributed by atoms with Crippen molar-refractivity contribution in [3.05, 3.63) is 35.9 Å². The van der Waals surface area contributed by atoms with E-state index in [1.54, 1.807) is 4.90 Å². The number of amidine groups is 1. The molecular formula is C17H25N3O2. The molecule has 120 valence electrons. The summed E-state index contributed by atoms with van der Waals surface area (Å²) in [5, 5.41) is 3.38. The first-order valence-electron chi connectivity index (χ1n) is 7.68. The van der Waals surface area contributed by atoms with Gasteiger partial charge in [0.2, 0.25) is 0 Å². The number of hydrogen-bond acceptors (Lipinski definition) is 4. The van der Waals surface area contributed by atoms with Crippen LogP contribution in [0.5, 0.6) is 0 Å². The van der Waals surface area contributed by atoms with E-state index in [1.807, 2.05) is 39.0 Å². The molecule has 5 nitrogen and oxygen atoms in total. The third-order valence-corrected chi connectivity index (χ3v) is 3.35. The van der Waals surface area contributed by atoms with Crippen molar-refractivity contribution in [2.24, 2.45) is 4.99 Å². The van der Waals surface area contributed by atoms with Crippen LogP contribution < -0.4 is 5.32 Å². The first kappa shape index (κ1) is 16.3. The molecule has 2 rings (SSSR count). The predicted molar refractivity (Wildman–Crippen MR) is 88.1 cm³/mol. The van der Waals surface area contributed by atoms with E-state index in [1.165, 1.54) is 5.56 Å². The molecular weight excluding hydrogens is 278 g/mol. The molecule has 0 fully saturated rings. The molecule has 1 aromatic rings. The van der Waals surface area contributed by atoms with Crippen LogP contribution in [0.15, 0.2) is 35.3 Å². The van der Waals surface area contributed by atoms with Gasteiger partial charge in [0, 0.05) is 12.6 Å². The Morgan fingerprint density at radius 1 is 1.32 bits per heavy atom. The Morgan fingerprint density at radius 3 is 2.64 bits per heavy atom. The van der Waals surface area contributed by atoms with Gasteiger partial charge in [-0.25, -0.2) is 4.79 Å². The second-order valence-corrected chi connectivity index (χ2v) is 6.51. The summed E-state index contributed by atoms with van der Waals surface area (Å²) < 4.78 is 5.42. The molecule has 1 unspecified atom stereocenters. The molecule has 22 heavy (non-hydrogen) atoms. The first-order valence-corrected chi connectivity index (χ1v) is 7.68. The van der Waals surface area contributed by atoms with E-state index < -0.39 is 5.60 Å². The molecule has 1 aliphatic rings. The van der Waals surface area contributed by atoms with Gasteiger partial charge in [0.25, 0.3) is 0 Å². The van der Waals surface area contributed by atoms with E-state index in [0.717, 1.165) is 5.84 Å². The highest BCUT2D eigenvalue weighted by molar-refractivity contribution is 5.88. The number of benzene rings is 1. The molecule has 0 spiro atoms. The number of amides is 1. The first-order chi connectivity index (χ1) is 10.3. The summed E-state index contributed by atoms with van der Waals surface area (Å²) in [6, 6.07) is 10.3. The summed E-state index contributed by atoms with van der Waals surface area (Å²) in [4.78, 5) is 18.3. The summed E-state index contributed by atoms with van der Waals surface area (Å²) in [7, 11) is 0. The fraction of sp³-hybridized carbons (Fsp3) is 0.529. The second-order valence-electron chi connectivity index (χ2n) is 6.51. The number of rotatable bonds is 2. The lowest BCUT2D eigenvalue weighted by Gasteiger charge is -2.30. The summed E-state index contributed by atoms with van der Waals surface area (Å²) in [5.74, 6) is 0.827. The van der Waals surface area contributed by atoms with Crippen molar-refractivity contribution in [1.29, 1.82) is 0 Å². The van der Waals surface area contributed by atoms with Crippen LogP contribution in [0.3, 0.4) is 0 Å². The predicted octanol–water partition coefficient (Wildman–Crippen LogP) is 2.99. The van der Waals surface area contributed by atoms with Gasteiger partial charge in [-0.15, -0.1) is 0 Å². The van der Waals surface area contributed by atoms with E-state index in [4.69, 9.17) is 4.74 Å². The van der Waals surface area contributed by atoms with Crippen LogP contribution in [0.25, 0.3) is 0 Å². The molecule has 0 aliphatic carbocycles. The van der Waals surface area contributed by atoms with Crippen molar-refractivity contribution in [3.63, 3.8) is 0 Å². The van der Waals surface area contributed by atoms with Crippen LogP contribution in [-0.4, -0.2) is 42.1 Å². The maximum atomic E-state index is 12.1. The molecule has 1 aromatic carbocycles. The van der Waals surface area contributed by atoms with Crippen LogP contribution in [0.2, 0.25) is 0 Å². The van der Waals surface area contributed by atoms with Crippen molar-refractivity contribution in [2.45, 2.75) is 39.3 Å². The standard InChI is InChI=1S/C17H25N3O2/c1-13(14-8-6-5-7-9-14)19-15-12-20(11-10-18-15)16(21)22-17(2,3)4/h5-9,13H,10-12H2,1-4H3,(H,18,19). The fourth-order valence-electron chi connectivity index (χ4n) is 2.26. The Balaban J connectivity index is 1.93. The van der Waals surface area contributed by atoms with Gasteiger partial charge < -0.3 is 10.1 Å². The summed E-state index contributed by atoms with van der Waals surface area (Å²) in [5.41, 5.74) is 0.718. The molecule has 1 N–H and O–H groups in total. The van der Waals surface area contributed by atoms with E-state index in [2.05, 4.69) is 29.4 Å². The normalized spacial score (nSPS) is 16.7. The lowest BCUT2D eigenvalue weighted by molar-refractivity contribution is 0.0276. The number of carbonyl (C=O) groups excluding carboxylic acids is 1. The molecule has 0 bridgehead atoms. The zero-order chi connectivity index (χ0) is 16.2. The fourth-order valence-corrected chi connectivity index (χ4v) is 2.26. The molecule has 1 atom stereocenters. The molecule has 0 saturated carbocycles. The Labute approximate surface area is 132 Å². The van der Waals surface area contributed by atoms with Crippen molar-refractivity contribution in [1.82, 2.24) is 10.2 Å². The van der Waals surface area contributed by atoms with Gasteiger partial charge in [0.1, 0.15) is 11.4 Å². The monoisotopic (exact) mass is 303 g/mol. The minimum absolute atomic E-state index is 0.151. The van der Waals surface area contributed by atoms with Crippen molar-refractivity contribution in [2.75, 3.05) is 19.6 Å². The average Bonchev–Trinajstić information content (AvgIpc) is 2.46. The Kier molecular flexibility index (Phi) is 5.06. The maximum Gasteiger partial charge on any atom is 0.410 e. The number of hydrogen-bond donors (Lipinski definition) is 1. The zero-order valence-corrected chi connectivity index (χ0v) is 13.8. The van der Waals surface area contributed by atoms with Crippen molar-refractivity contribution in [3.8, 4) is 0 Å². The third kappa shape index (κ3) is 4.76. The Hall–Kier alpha value is -2.04. The Morgan fingerprint density at radius 2 is 2.00 bits per heavy atom. The van der Waals surface area contributed by atoms with Crippen LogP contribution in [0, 0.1) is 0 Å². The molecule has 5 heteroatoms. The summed E-state index contributed by atoms with van der Waals surface area (Å²) in [6.45, 7) is 9.37. The largest absolute Gasteiger partial charge is 0.444 e. The molecule has 0 radical (unpaired) electrons. The highest BCUT2D eigenvalue weighted by atomic mass is 16.6. The SMILES string of the molecule is CC(NC1=NCCN(C(=O)OC(C)(C)C)C1)c1ccccc1. The van der Waals surface area contributed by atoms with Crippen LogP contribution >= 0.6 is 0 Å². The van der Waals surface area contributed by atoms with Crippen LogP contribution in [-0.2, 0) is 4.74 Å². The lowest BCUT2D eigenvalue weighted by atomic mass is 10.1. The zero-order valence-electron chi connectivity index (χ0n) is 13.8. The number of carbonyl (C=O) groups is 1. The third-order valence-electron chi connectivity index (χ3n) is 3.35. The maximum absolute atomic E-state index is 12.1. The lowest BCUT2D eigenvalue weighted by Crippen LogP contribution is -2.47. The quantitative estimate of drug-likeness (QED) is 0.914. The number of aliphatic imine (C=N–C) groups is 1. The molecule has 1 amide bonds. The smallest absolute Gasteiger partial charge is 0.410 e. The average molecular weight is 303 g/mol. The highest BCUT2D eigenvalue weighted by Crippen LogP contribution is 2.14. The highest BCUT2D eigenvalue weighted by Gasteiger charge is 2.25. The molecule has 1 aliphatic heterocycles. The van der Waals surface area contributed by atoms with Gasteiger partial charge in [-0.1, -0.05) is 30.3 Å². The van der Waals surface area contributed by atoms with E-state index in [9.17, 15) is 4.79 Å². The minimum atomic E-state index is -0.476. The molecule has 0 saturated heterocycles. The number of nitrogens with one attached hydrogen (secondary N) is 1. The van der Waals surface area contributed by atoms with Crippen LogP contribution in [0.1, 0.15) is 39.3 Å². The van der Waals surface area contributed by atoms with Gasteiger partial charge >= 0.3 is 6.09 Å².